The number of rotatable bonds is 6. The van der Waals surface area contributed by atoms with Gasteiger partial charge in [0.15, 0.2) is 0 Å². The molecule has 0 saturated carbocycles. The van der Waals surface area contributed by atoms with E-state index in [1.165, 1.54) is 19.3 Å². The first kappa shape index (κ1) is 15.7. The van der Waals surface area contributed by atoms with Crippen LogP contribution >= 0.6 is 0 Å². The largest absolute Gasteiger partial charge is 0.468 e. The predicted octanol–water partition coefficient (Wildman–Crippen LogP) is -0.133. The van der Waals surface area contributed by atoms with Crippen molar-refractivity contribution in [3.05, 3.63) is 12.4 Å². The number of ether oxygens (including phenoxy) is 1. The number of methoxy groups -OCH3 is 1. The number of carbonyl (C=O) groups is 1. The number of carbonyl (C=O) groups excluding carboxylic acids is 1. The lowest BCUT2D eigenvalue weighted by Crippen LogP contribution is -2.49. The Labute approximate surface area is 114 Å². The first-order valence-electron chi connectivity index (χ1n) is 5.98. The van der Waals surface area contributed by atoms with Crippen molar-refractivity contribution in [2.45, 2.75) is 45.4 Å². The Bertz CT molecular complexity index is 437. The van der Waals surface area contributed by atoms with Crippen molar-refractivity contribution in [1.82, 2.24) is 9.78 Å². The maximum Gasteiger partial charge on any atom is 0.334 e. The highest BCUT2D eigenvalue weighted by Gasteiger charge is 2.35. The molecule has 1 rings (SSSR count). The van der Waals surface area contributed by atoms with Gasteiger partial charge in [-0.15, -0.1) is 0 Å². The minimum atomic E-state index is -0.981. The van der Waals surface area contributed by atoms with Gasteiger partial charge >= 0.3 is 13.5 Å². The van der Waals surface area contributed by atoms with Gasteiger partial charge in [0, 0.05) is 12.4 Å². The molecule has 0 amide bonds. The zero-order valence-corrected chi connectivity index (χ0v) is 12.0. The molecule has 19 heavy (non-hydrogen) atoms. The van der Waals surface area contributed by atoms with E-state index in [0.717, 1.165) is 0 Å². The van der Waals surface area contributed by atoms with E-state index >= 15 is 0 Å². The van der Waals surface area contributed by atoms with Crippen LogP contribution in [-0.2, 0) is 20.7 Å². The van der Waals surface area contributed by atoms with E-state index in [1.807, 2.05) is 0 Å². The second-order valence-corrected chi connectivity index (χ2v) is 5.35. The molecule has 0 aliphatic heterocycles. The molecule has 1 heterocycles. The van der Waals surface area contributed by atoms with Gasteiger partial charge in [0.1, 0.15) is 6.54 Å². The van der Waals surface area contributed by atoms with Gasteiger partial charge in [-0.1, -0.05) is 0 Å². The molecule has 0 aliphatic carbocycles. The van der Waals surface area contributed by atoms with Gasteiger partial charge in [0.2, 0.25) is 0 Å². The fraction of sp³-hybridized carbons (Fsp3) is 0.667. The van der Waals surface area contributed by atoms with Crippen molar-refractivity contribution < 1.29 is 19.3 Å². The van der Waals surface area contributed by atoms with Crippen LogP contribution in [-0.4, -0.2) is 46.7 Å². The Morgan fingerprint density at radius 3 is 2.63 bits per heavy atom. The molecule has 0 aromatic carbocycles. The molecular weight excluding hydrogens is 247 g/mol. The summed E-state index contributed by atoms with van der Waals surface area (Å²) in [6, 6.07) is 0. The third kappa shape index (κ3) is 4.36. The third-order valence-corrected chi connectivity index (χ3v) is 3.13. The highest BCUT2D eigenvalue weighted by atomic mass is 16.5. The van der Waals surface area contributed by atoms with Crippen LogP contribution in [0, 0.1) is 0 Å². The average molecular weight is 267 g/mol. The zero-order valence-electron chi connectivity index (χ0n) is 12.0. The van der Waals surface area contributed by atoms with E-state index < -0.39 is 11.2 Å². The molecule has 6 nitrogen and oxygen atoms in total. The quantitative estimate of drug-likeness (QED) is 0.574. The highest BCUT2D eigenvalue weighted by molar-refractivity contribution is 6.46. The summed E-state index contributed by atoms with van der Waals surface area (Å²) < 4.78 is 11.6. The molecule has 0 fully saturated rings. The van der Waals surface area contributed by atoms with E-state index in [4.69, 9.17) is 4.65 Å². The van der Waals surface area contributed by atoms with Crippen LogP contribution in [0.4, 0.5) is 0 Å². The van der Waals surface area contributed by atoms with Gasteiger partial charge < -0.3 is 14.5 Å². The fourth-order valence-corrected chi connectivity index (χ4v) is 1.08. The second kappa shape index (κ2) is 5.75. The van der Waals surface area contributed by atoms with Crippen molar-refractivity contribution in [2.75, 3.05) is 7.11 Å². The number of esters is 1. The third-order valence-electron chi connectivity index (χ3n) is 3.13. The van der Waals surface area contributed by atoms with Crippen molar-refractivity contribution in [1.29, 1.82) is 0 Å². The molecule has 0 saturated heterocycles. The summed E-state index contributed by atoms with van der Waals surface area (Å²) in [6.45, 7) is 7.01. The molecule has 7 heteroatoms. The molecule has 0 aliphatic rings. The Kier molecular flexibility index (Phi) is 4.76. The highest BCUT2D eigenvalue weighted by Crippen LogP contribution is 2.24. The van der Waals surface area contributed by atoms with Crippen LogP contribution in [0.25, 0.3) is 0 Å². The summed E-state index contributed by atoms with van der Waals surface area (Å²) in [5.41, 5.74) is -1.01. The van der Waals surface area contributed by atoms with Crippen LogP contribution in [0.15, 0.2) is 12.4 Å². The number of aromatic nitrogens is 2. The summed E-state index contributed by atoms with van der Waals surface area (Å²) >= 11 is 0. The van der Waals surface area contributed by atoms with Crippen molar-refractivity contribution in [3.8, 4) is 0 Å². The fourth-order valence-electron chi connectivity index (χ4n) is 1.08. The minimum Gasteiger partial charge on any atom is -0.468 e. The van der Waals surface area contributed by atoms with Crippen LogP contribution in [0.3, 0.4) is 0 Å². The average Bonchev–Trinajstić information content (AvgIpc) is 2.72. The van der Waals surface area contributed by atoms with E-state index in [1.54, 1.807) is 40.1 Å². The summed E-state index contributed by atoms with van der Waals surface area (Å²) in [4.78, 5) is 11.1. The SMILES string of the molecule is COC(=O)Cn1cc([B]OC(C)(C)C(C)(C)O)cn1. The minimum absolute atomic E-state index is 0.0548. The van der Waals surface area contributed by atoms with Gasteiger partial charge in [-0.25, -0.2) is 0 Å². The molecular formula is C12H20BN2O4. The number of hydrogen-bond donors (Lipinski definition) is 1. The van der Waals surface area contributed by atoms with Crippen LogP contribution < -0.4 is 5.46 Å². The summed E-state index contributed by atoms with van der Waals surface area (Å²) in [7, 11) is 2.84. The van der Waals surface area contributed by atoms with Crippen LogP contribution in [0.1, 0.15) is 27.7 Å². The van der Waals surface area contributed by atoms with Gasteiger partial charge in [-0.2, -0.15) is 5.10 Å². The van der Waals surface area contributed by atoms with Crippen molar-refractivity contribution in [3.63, 3.8) is 0 Å². The summed E-state index contributed by atoms with van der Waals surface area (Å²) in [5.74, 6) is -0.368. The first-order valence-corrected chi connectivity index (χ1v) is 5.98. The summed E-state index contributed by atoms with van der Waals surface area (Å²) in [6.07, 6.45) is 3.24. The van der Waals surface area contributed by atoms with E-state index in [9.17, 15) is 9.90 Å². The van der Waals surface area contributed by atoms with E-state index in [0.29, 0.717) is 5.46 Å². The molecule has 1 aromatic rings. The molecule has 1 N–H and O–H groups in total. The van der Waals surface area contributed by atoms with Gasteiger partial charge in [0.05, 0.1) is 18.3 Å². The maximum atomic E-state index is 11.1. The maximum absolute atomic E-state index is 11.1. The lowest BCUT2D eigenvalue weighted by atomic mass is 9.84. The monoisotopic (exact) mass is 267 g/mol. The molecule has 0 spiro atoms. The van der Waals surface area contributed by atoms with E-state index in [-0.39, 0.29) is 12.5 Å². The standard InChI is InChI=1S/C12H20BN2O4/c1-11(2,17)12(3,4)19-13-9-6-14-15(7-9)8-10(16)18-5/h6-7,17H,8H2,1-5H3. The number of nitrogens with zero attached hydrogens (tertiary/aromatic N) is 2. The summed E-state index contributed by atoms with van der Waals surface area (Å²) in [5, 5.41) is 14.0. The van der Waals surface area contributed by atoms with Crippen molar-refractivity contribution >= 4 is 18.9 Å². The molecule has 1 aromatic heterocycles. The molecule has 0 bridgehead atoms. The number of aliphatic hydroxyl groups is 1. The lowest BCUT2D eigenvalue weighted by molar-refractivity contribution is -0.141. The van der Waals surface area contributed by atoms with E-state index in [2.05, 4.69) is 9.84 Å². The van der Waals surface area contributed by atoms with Crippen LogP contribution in [0.5, 0.6) is 0 Å². The van der Waals surface area contributed by atoms with Gasteiger partial charge in [-0.3, -0.25) is 9.48 Å². The van der Waals surface area contributed by atoms with Gasteiger partial charge in [0.25, 0.3) is 0 Å². The normalized spacial score (nSPS) is 12.3. The zero-order chi connectivity index (χ0) is 14.7. The lowest BCUT2D eigenvalue weighted by Gasteiger charge is -2.37. The first-order chi connectivity index (χ1) is 8.65. The Hall–Kier alpha value is -1.34. The van der Waals surface area contributed by atoms with Crippen LogP contribution in [0.2, 0.25) is 0 Å². The Morgan fingerprint density at radius 1 is 1.47 bits per heavy atom. The Balaban J connectivity index is 2.58. The molecule has 0 atom stereocenters. The second-order valence-electron chi connectivity index (χ2n) is 5.35. The predicted molar refractivity (Wildman–Crippen MR) is 71.1 cm³/mol. The Morgan fingerprint density at radius 2 is 2.11 bits per heavy atom. The topological polar surface area (TPSA) is 73.6 Å². The number of hydrogen-bond acceptors (Lipinski definition) is 5. The van der Waals surface area contributed by atoms with Crippen molar-refractivity contribution in [2.24, 2.45) is 0 Å². The van der Waals surface area contributed by atoms with Gasteiger partial charge in [-0.05, 0) is 33.2 Å². The smallest absolute Gasteiger partial charge is 0.334 e. The molecule has 1 radical (unpaired) electrons. The molecule has 0 unspecified atom stereocenters. The molecule has 105 valence electrons.